The molecule has 1 atom stereocenters. The maximum Gasteiger partial charge on any atom is 0.355 e. The van der Waals surface area contributed by atoms with Crippen LogP contribution in [0.5, 0.6) is 0 Å². The lowest BCUT2D eigenvalue weighted by molar-refractivity contribution is 0.136. The van der Waals surface area contributed by atoms with Crippen molar-refractivity contribution in [3.8, 4) is 0 Å². The summed E-state index contributed by atoms with van der Waals surface area (Å²) in [4.78, 5) is 0. The van der Waals surface area contributed by atoms with E-state index < -0.39 is 20.4 Å². The SMILES string of the molecule is CC(C)OP(=O)(OC(C)C)[C@H](CCCCCl)N=P(c1ccccc1)(c1ccccc1)c1ccccc1. The van der Waals surface area contributed by atoms with Crippen LogP contribution < -0.4 is 15.9 Å². The monoisotopic (exact) mass is 545 g/mol. The van der Waals surface area contributed by atoms with Gasteiger partial charge >= 0.3 is 7.60 Å². The summed E-state index contributed by atoms with van der Waals surface area (Å²) in [5.41, 5.74) is 0. The molecule has 0 bridgehead atoms. The minimum Gasteiger partial charge on any atom is -0.304 e. The summed E-state index contributed by atoms with van der Waals surface area (Å²) >= 11 is 6.03. The molecule has 0 aliphatic carbocycles. The van der Waals surface area contributed by atoms with E-state index in [4.69, 9.17) is 25.4 Å². The Morgan fingerprint density at radius 3 is 1.42 bits per heavy atom. The fraction of sp³-hybridized carbons (Fsp3) is 0.379. The van der Waals surface area contributed by atoms with Gasteiger partial charge in [-0.1, -0.05) is 91.0 Å². The van der Waals surface area contributed by atoms with Gasteiger partial charge in [0.05, 0.1) is 19.3 Å². The highest BCUT2D eigenvalue weighted by molar-refractivity contribution is 7.87. The van der Waals surface area contributed by atoms with E-state index in [1.165, 1.54) is 0 Å². The van der Waals surface area contributed by atoms with Crippen molar-refractivity contribution in [1.29, 1.82) is 0 Å². The van der Waals surface area contributed by atoms with E-state index in [1.54, 1.807) is 0 Å². The minimum absolute atomic E-state index is 0.266. The van der Waals surface area contributed by atoms with Gasteiger partial charge in [0.2, 0.25) is 0 Å². The Morgan fingerprint density at radius 1 is 0.694 bits per heavy atom. The third kappa shape index (κ3) is 7.21. The van der Waals surface area contributed by atoms with Crippen molar-refractivity contribution in [2.45, 2.75) is 64.9 Å². The molecule has 0 amide bonds. The molecule has 0 radical (unpaired) electrons. The molecule has 4 nitrogen and oxygen atoms in total. The molecule has 7 heteroatoms. The quantitative estimate of drug-likeness (QED) is 0.124. The van der Waals surface area contributed by atoms with Crippen LogP contribution in [-0.4, -0.2) is 23.9 Å². The normalized spacial score (nSPS) is 13.2. The molecule has 0 saturated carbocycles. The second-order valence-corrected chi connectivity index (χ2v) is 14.8. The van der Waals surface area contributed by atoms with Gasteiger partial charge in [-0.3, -0.25) is 9.31 Å². The summed E-state index contributed by atoms with van der Waals surface area (Å²) in [6, 6.07) is 31.1. The van der Waals surface area contributed by atoms with Gasteiger partial charge in [-0.15, -0.1) is 11.6 Å². The number of rotatable bonds is 13. The standard InChI is InChI=1S/C29H38ClNO3P2/c1-24(2)33-36(32,34-25(3)4)29(22-14-15-23-30)31-35(26-16-8-5-9-17-26,27-18-10-6-11-19-27)28-20-12-7-13-21-28/h5-13,16-21,24-25,29H,14-15,22-23H2,1-4H3/t29-/m1/s1. The van der Waals surface area contributed by atoms with E-state index in [1.807, 2.05) is 82.3 Å². The highest BCUT2D eigenvalue weighted by Gasteiger charge is 2.40. The molecular weight excluding hydrogens is 508 g/mol. The first-order valence-electron chi connectivity index (χ1n) is 12.6. The van der Waals surface area contributed by atoms with Gasteiger partial charge in [0, 0.05) is 21.8 Å². The number of hydrogen-bond donors (Lipinski definition) is 0. The van der Waals surface area contributed by atoms with Gasteiger partial charge in [-0.25, -0.2) is 0 Å². The predicted octanol–water partition coefficient (Wildman–Crippen LogP) is 7.94. The third-order valence-electron chi connectivity index (χ3n) is 5.62. The summed E-state index contributed by atoms with van der Waals surface area (Å²) in [5.74, 6) is -0.0943. The van der Waals surface area contributed by atoms with Gasteiger partial charge in [-0.05, 0) is 47.0 Å². The minimum atomic E-state index is -3.62. The van der Waals surface area contributed by atoms with E-state index in [2.05, 4.69) is 36.4 Å². The molecule has 194 valence electrons. The summed E-state index contributed by atoms with van der Waals surface area (Å²) < 4.78 is 32.4. The number of nitrogens with zero attached hydrogens (tertiary/aromatic N) is 1. The predicted molar refractivity (Wildman–Crippen MR) is 156 cm³/mol. The van der Waals surface area contributed by atoms with Crippen LogP contribution >= 0.6 is 26.3 Å². The number of hydrogen-bond acceptors (Lipinski definition) is 4. The molecule has 3 aromatic carbocycles. The van der Waals surface area contributed by atoms with Gasteiger partial charge < -0.3 is 9.05 Å². The van der Waals surface area contributed by atoms with Gasteiger partial charge in [0.1, 0.15) is 0 Å². The van der Waals surface area contributed by atoms with Crippen LogP contribution in [0.3, 0.4) is 0 Å². The van der Waals surface area contributed by atoms with Crippen LogP contribution in [0.1, 0.15) is 47.0 Å². The number of unbranched alkanes of at least 4 members (excludes halogenated alkanes) is 1. The molecule has 0 fully saturated rings. The van der Waals surface area contributed by atoms with Crippen molar-refractivity contribution in [2.24, 2.45) is 4.74 Å². The Bertz CT molecular complexity index is 1040. The number of alkyl halides is 1. The van der Waals surface area contributed by atoms with Crippen LogP contribution in [0.25, 0.3) is 0 Å². The second kappa shape index (κ2) is 13.8. The van der Waals surface area contributed by atoms with Crippen LogP contribution in [0, 0.1) is 0 Å². The first kappa shape index (κ1) is 28.9. The Morgan fingerprint density at radius 2 is 1.08 bits per heavy atom. The zero-order valence-corrected chi connectivity index (χ0v) is 24.2. The number of benzene rings is 3. The molecule has 36 heavy (non-hydrogen) atoms. The first-order valence-corrected chi connectivity index (χ1v) is 16.5. The van der Waals surface area contributed by atoms with Gasteiger partial charge in [0.25, 0.3) is 0 Å². The van der Waals surface area contributed by atoms with Crippen molar-refractivity contribution in [3.05, 3.63) is 91.0 Å². The second-order valence-electron chi connectivity index (χ2n) is 9.27. The fourth-order valence-electron chi connectivity index (χ4n) is 4.23. The zero-order valence-electron chi connectivity index (χ0n) is 21.7. The third-order valence-corrected chi connectivity index (χ3v) is 12.4. The molecule has 0 unspecified atom stereocenters. The molecule has 0 spiro atoms. The first-order chi connectivity index (χ1) is 17.3. The van der Waals surface area contributed by atoms with E-state index in [-0.39, 0.29) is 12.2 Å². The average Bonchev–Trinajstić information content (AvgIpc) is 2.87. The highest BCUT2D eigenvalue weighted by atomic mass is 35.5. The lowest BCUT2D eigenvalue weighted by Crippen LogP contribution is -2.27. The molecule has 0 N–H and O–H groups in total. The molecule has 0 heterocycles. The molecule has 0 aliphatic heterocycles. The van der Waals surface area contributed by atoms with E-state index in [9.17, 15) is 4.57 Å². The summed E-state index contributed by atoms with van der Waals surface area (Å²) in [6.07, 6.45) is 1.63. The van der Waals surface area contributed by atoms with Crippen LogP contribution in [0.2, 0.25) is 0 Å². The molecule has 0 saturated heterocycles. The van der Waals surface area contributed by atoms with Gasteiger partial charge in [-0.2, -0.15) is 0 Å². The average molecular weight is 546 g/mol. The molecule has 0 aliphatic rings. The fourth-order valence-corrected chi connectivity index (χ4v) is 11.0. The highest BCUT2D eigenvalue weighted by Crippen LogP contribution is 2.61. The Kier molecular flexibility index (Phi) is 11.0. The van der Waals surface area contributed by atoms with E-state index in [0.717, 1.165) is 28.8 Å². The van der Waals surface area contributed by atoms with Crippen LogP contribution in [0.4, 0.5) is 0 Å². The van der Waals surface area contributed by atoms with Crippen molar-refractivity contribution >= 4 is 42.2 Å². The van der Waals surface area contributed by atoms with E-state index in [0.29, 0.717) is 12.3 Å². The summed E-state index contributed by atoms with van der Waals surface area (Å²) in [7, 11) is -6.20. The Balaban J connectivity index is 2.40. The maximum atomic E-state index is 14.5. The Labute approximate surface area is 222 Å². The molecule has 3 aromatic rings. The zero-order chi connectivity index (χ0) is 26.0. The van der Waals surface area contributed by atoms with Crippen LogP contribution in [0.15, 0.2) is 95.7 Å². The lowest BCUT2D eigenvalue weighted by atomic mass is 10.2. The van der Waals surface area contributed by atoms with Crippen molar-refractivity contribution in [1.82, 2.24) is 0 Å². The molecular formula is C29H38ClNO3P2. The smallest absolute Gasteiger partial charge is 0.304 e. The number of halogens is 1. The van der Waals surface area contributed by atoms with E-state index >= 15 is 0 Å². The molecule has 0 aromatic heterocycles. The van der Waals surface area contributed by atoms with Crippen molar-refractivity contribution in [2.75, 3.05) is 5.88 Å². The van der Waals surface area contributed by atoms with Crippen molar-refractivity contribution in [3.63, 3.8) is 0 Å². The molecule has 3 rings (SSSR count). The van der Waals surface area contributed by atoms with Gasteiger partial charge in [0.15, 0.2) is 5.78 Å². The van der Waals surface area contributed by atoms with Crippen LogP contribution in [-0.2, 0) is 13.6 Å². The maximum absolute atomic E-state index is 14.5. The van der Waals surface area contributed by atoms with Crippen molar-refractivity contribution < 1.29 is 13.6 Å². The summed E-state index contributed by atoms with van der Waals surface area (Å²) in [5, 5.41) is 3.31. The Hall–Kier alpha value is -1.67. The lowest BCUT2D eigenvalue weighted by Gasteiger charge is -2.33. The summed E-state index contributed by atoms with van der Waals surface area (Å²) in [6.45, 7) is 7.56. The largest absolute Gasteiger partial charge is 0.355 e. The topological polar surface area (TPSA) is 47.9 Å².